The fourth-order valence-electron chi connectivity index (χ4n) is 2.34. The average molecular weight is 380 g/mol. The highest BCUT2D eigenvalue weighted by Gasteiger charge is 2.20. The molecule has 2 aromatic carbocycles. The van der Waals surface area contributed by atoms with Crippen molar-refractivity contribution in [3.8, 4) is 5.75 Å². The zero-order valence-corrected chi connectivity index (χ0v) is 14.9. The van der Waals surface area contributed by atoms with Gasteiger partial charge < -0.3 is 10.1 Å². The van der Waals surface area contributed by atoms with E-state index < -0.39 is 0 Å². The summed E-state index contributed by atoms with van der Waals surface area (Å²) in [5.41, 5.74) is 1.40. The second-order valence-electron chi connectivity index (χ2n) is 5.59. The molecule has 2 aromatic rings. The first kappa shape index (κ1) is 17.5. The van der Waals surface area contributed by atoms with E-state index in [4.69, 9.17) is 4.74 Å². The van der Waals surface area contributed by atoms with E-state index in [-0.39, 0.29) is 23.7 Å². The number of hydrogen-bond acceptors (Lipinski definition) is 2. The Hall–Kier alpha value is -1.88. The second-order valence-corrected chi connectivity index (χ2v) is 6.45. The molecule has 0 fully saturated rings. The van der Waals surface area contributed by atoms with Gasteiger partial charge in [-0.1, -0.05) is 26.0 Å². The Kier molecular flexibility index (Phi) is 5.77. The van der Waals surface area contributed by atoms with Crippen molar-refractivity contribution in [1.82, 2.24) is 5.32 Å². The van der Waals surface area contributed by atoms with Gasteiger partial charge in [-0.25, -0.2) is 4.39 Å². The van der Waals surface area contributed by atoms with Crippen molar-refractivity contribution in [3.63, 3.8) is 0 Å². The Morgan fingerprint density at radius 1 is 1.17 bits per heavy atom. The molecule has 0 aromatic heterocycles. The van der Waals surface area contributed by atoms with Crippen molar-refractivity contribution in [2.75, 3.05) is 7.11 Å². The van der Waals surface area contributed by atoms with Gasteiger partial charge in [-0.05, 0) is 57.7 Å². The van der Waals surface area contributed by atoms with Crippen LogP contribution >= 0.6 is 15.9 Å². The van der Waals surface area contributed by atoms with Crippen LogP contribution in [-0.2, 0) is 0 Å². The van der Waals surface area contributed by atoms with Crippen molar-refractivity contribution in [1.29, 1.82) is 0 Å². The van der Waals surface area contributed by atoms with Crippen LogP contribution in [-0.4, -0.2) is 13.0 Å². The summed E-state index contributed by atoms with van der Waals surface area (Å²) in [6.07, 6.45) is 0. The Morgan fingerprint density at radius 2 is 1.83 bits per heavy atom. The smallest absolute Gasteiger partial charge is 0.252 e. The SMILES string of the molecule is COc1ccc(C(NC(=O)c2ccc(F)cc2Br)C(C)C)cc1. The number of nitrogens with one attached hydrogen (secondary N) is 1. The van der Waals surface area contributed by atoms with Crippen LogP contribution in [0.1, 0.15) is 35.8 Å². The van der Waals surface area contributed by atoms with Gasteiger partial charge in [0, 0.05) is 4.47 Å². The van der Waals surface area contributed by atoms with E-state index in [1.807, 2.05) is 38.1 Å². The van der Waals surface area contributed by atoms with E-state index in [0.29, 0.717) is 10.0 Å². The third-order valence-electron chi connectivity index (χ3n) is 3.60. The quantitative estimate of drug-likeness (QED) is 0.815. The lowest BCUT2D eigenvalue weighted by atomic mass is 9.95. The Bertz CT molecular complexity index is 686. The molecule has 0 aliphatic rings. The highest BCUT2D eigenvalue weighted by atomic mass is 79.9. The van der Waals surface area contributed by atoms with Gasteiger partial charge in [0.05, 0.1) is 18.7 Å². The van der Waals surface area contributed by atoms with Gasteiger partial charge in [-0.2, -0.15) is 0 Å². The van der Waals surface area contributed by atoms with E-state index >= 15 is 0 Å². The number of rotatable bonds is 5. The maximum absolute atomic E-state index is 13.2. The van der Waals surface area contributed by atoms with E-state index in [1.165, 1.54) is 18.2 Å². The van der Waals surface area contributed by atoms with Crippen molar-refractivity contribution in [2.24, 2.45) is 5.92 Å². The summed E-state index contributed by atoms with van der Waals surface area (Å²) in [5.74, 6) is 0.339. The van der Waals surface area contributed by atoms with Crippen molar-refractivity contribution in [3.05, 3.63) is 63.9 Å². The monoisotopic (exact) mass is 379 g/mol. The lowest BCUT2D eigenvalue weighted by Crippen LogP contribution is -2.32. The van der Waals surface area contributed by atoms with Crippen molar-refractivity contribution in [2.45, 2.75) is 19.9 Å². The maximum atomic E-state index is 13.2. The minimum Gasteiger partial charge on any atom is -0.497 e. The predicted octanol–water partition coefficient (Wildman–Crippen LogP) is 4.72. The maximum Gasteiger partial charge on any atom is 0.252 e. The summed E-state index contributed by atoms with van der Waals surface area (Å²) in [7, 11) is 1.61. The average Bonchev–Trinajstić information content (AvgIpc) is 2.52. The molecule has 23 heavy (non-hydrogen) atoms. The van der Waals surface area contributed by atoms with Crippen molar-refractivity contribution >= 4 is 21.8 Å². The number of amides is 1. The minimum atomic E-state index is -0.385. The number of methoxy groups -OCH3 is 1. The molecule has 3 nitrogen and oxygen atoms in total. The van der Waals surface area contributed by atoms with Crippen LogP contribution in [0.4, 0.5) is 4.39 Å². The van der Waals surface area contributed by atoms with Gasteiger partial charge in [0.25, 0.3) is 5.91 Å². The molecule has 1 N–H and O–H groups in total. The van der Waals surface area contributed by atoms with Gasteiger partial charge in [0.2, 0.25) is 0 Å². The highest BCUT2D eigenvalue weighted by Crippen LogP contribution is 2.25. The summed E-state index contributed by atoms with van der Waals surface area (Å²) in [6, 6.07) is 11.5. The number of ether oxygens (including phenoxy) is 1. The molecule has 0 spiro atoms. The summed E-state index contributed by atoms with van der Waals surface area (Å²) < 4.78 is 18.8. The third-order valence-corrected chi connectivity index (χ3v) is 4.26. The predicted molar refractivity (Wildman–Crippen MR) is 92.1 cm³/mol. The zero-order chi connectivity index (χ0) is 17.0. The largest absolute Gasteiger partial charge is 0.497 e. The van der Waals surface area contributed by atoms with Crippen LogP contribution in [0.15, 0.2) is 46.9 Å². The van der Waals surface area contributed by atoms with Gasteiger partial charge in [-0.15, -0.1) is 0 Å². The fourth-order valence-corrected chi connectivity index (χ4v) is 2.87. The second kappa shape index (κ2) is 7.59. The number of carbonyl (C=O) groups excluding carboxylic acids is 1. The Labute approximate surface area is 144 Å². The summed E-state index contributed by atoms with van der Waals surface area (Å²) in [6.45, 7) is 4.07. The molecule has 0 bridgehead atoms. The molecule has 1 atom stereocenters. The molecule has 122 valence electrons. The first-order valence-corrected chi connectivity index (χ1v) is 8.11. The molecule has 5 heteroatoms. The lowest BCUT2D eigenvalue weighted by molar-refractivity contribution is 0.0925. The lowest BCUT2D eigenvalue weighted by Gasteiger charge is -2.23. The number of carbonyl (C=O) groups is 1. The van der Waals surface area contributed by atoms with E-state index in [2.05, 4.69) is 21.2 Å². The Morgan fingerprint density at radius 3 is 2.35 bits per heavy atom. The number of benzene rings is 2. The van der Waals surface area contributed by atoms with Gasteiger partial charge in [0.15, 0.2) is 0 Å². The van der Waals surface area contributed by atoms with Gasteiger partial charge >= 0.3 is 0 Å². The van der Waals surface area contributed by atoms with E-state index in [9.17, 15) is 9.18 Å². The fraction of sp³-hybridized carbons (Fsp3) is 0.278. The first-order chi connectivity index (χ1) is 10.9. The van der Waals surface area contributed by atoms with E-state index in [1.54, 1.807) is 7.11 Å². The summed E-state index contributed by atoms with van der Waals surface area (Å²) >= 11 is 3.23. The molecule has 0 radical (unpaired) electrons. The molecule has 1 unspecified atom stereocenters. The van der Waals surface area contributed by atoms with Crippen LogP contribution in [0.3, 0.4) is 0 Å². The normalized spacial score (nSPS) is 12.1. The molecular weight excluding hydrogens is 361 g/mol. The third kappa shape index (κ3) is 4.32. The molecule has 1 amide bonds. The first-order valence-electron chi connectivity index (χ1n) is 7.32. The van der Waals surface area contributed by atoms with Crippen molar-refractivity contribution < 1.29 is 13.9 Å². The topological polar surface area (TPSA) is 38.3 Å². The minimum absolute atomic E-state index is 0.148. The van der Waals surface area contributed by atoms with Crippen LogP contribution < -0.4 is 10.1 Å². The van der Waals surface area contributed by atoms with Gasteiger partial charge in [0.1, 0.15) is 11.6 Å². The van der Waals surface area contributed by atoms with Crippen LogP contribution in [0.5, 0.6) is 5.75 Å². The standard InChI is InChI=1S/C18H19BrFNO2/c1-11(2)17(12-4-7-14(23-3)8-5-12)21-18(22)15-9-6-13(20)10-16(15)19/h4-11,17H,1-3H3,(H,21,22). The van der Waals surface area contributed by atoms with Crippen LogP contribution in [0.25, 0.3) is 0 Å². The Balaban J connectivity index is 2.23. The molecule has 0 aliphatic carbocycles. The number of hydrogen-bond donors (Lipinski definition) is 1. The molecule has 0 aliphatic heterocycles. The molecule has 0 saturated heterocycles. The van der Waals surface area contributed by atoms with E-state index in [0.717, 1.165) is 11.3 Å². The van der Waals surface area contributed by atoms with Gasteiger partial charge in [-0.3, -0.25) is 4.79 Å². The molecular formula is C18H19BrFNO2. The van der Waals surface area contributed by atoms with Crippen LogP contribution in [0.2, 0.25) is 0 Å². The molecule has 0 saturated carbocycles. The zero-order valence-electron chi connectivity index (χ0n) is 13.3. The highest BCUT2D eigenvalue weighted by molar-refractivity contribution is 9.10. The molecule has 2 rings (SSSR count). The molecule has 0 heterocycles. The summed E-state index contributed by atoms with van der Waals surface area (Å²) in [4.78, 5) is 12.5. The number of halogens is 2. The van der Waals surface area contributed by atoms with Crippen LogP contribution in [0, 0.1) is 11.7 Å². The summed E-state index contributed by atoms with van der Waals surface area (Å²) in [5, 5.41) is 3.01.